The molecular formula is C12H18FNO2. The van der Waals surface area contributed by atoms with Crippen molar-refractivity contribution < 1.29 is 13.9 Å². The van der Waals surface area contributed by atoms with Crippen LogP contribution < -0.4 is 10.5 Å². The SMILES string of the molecule is CCCCOCCOc1ccc(F)cc1N. The van der Waals surface area contributed by atoms with Crippen LogP contribution in [0.15, 0.2) is 18.2 Å². The van der Waals surface area contributed by atoms with Crippen LogP contribution in [0.5, 0.6) is 5.75 Å². The Labute approximate surface area is 95.4 Å². The minimum absolute atomic E-state index is 0.313. The van der Waals surface area contributed by atoms with E-state index in [1.54, 1.807) is 0 Å². The molecule has 1 aromatic rings. The largest absolute Gasteiger partial charge is 0.489 e. The Morgan fingerprint density at radius 3 is 2.75 bits per heavy atom. The fourth-order valence-electron chi connectivity index (χ4n) is 1.21. The summed E-state index contributed by atoms with van der Waals surface area (Å²) in [6.07, 6.45) is 2.17. The van der Waals surface area contributed by atoms with Crippen LogP contribution >= 0.6 is 0 Å². The van der Waals surface area contributed by atoms with Gasteiger partial charge in [0.1, 0.15) is 18.2 Å². The van der Waals surface area contributed by atoms with Gasteiger partial charge >= 0.3 is 0 Å². The fourth-order valence-corrected chi connectivity index (χ4v) is 1.21. The first kappa shape index (κ1) is 12.8. The van der Waals surface area contributed by atoms with Crippen LogP contribution in [0, 0.1) is 5.82 Å². The summed E-state index contributed by atoms with van der Waals surface area (Å²) in [4.78, 5) is 0. The summed E-state index contributed by atoms with van der Waals surface area (Å²) >= 11 is 0. The number of anilines is 1. The summed E-state index contributed by atoms with van der Waals surface area (Å²) in [5, 5.41) is 0. The van der Waals surface area contributed by atoms with Crippen LogP contribution in [-0.2, 0) is 4.74 Å². The van der Waals surface area contributed by atoms with Crippen molar-refractivity contribution in [2.45, 2.75) is 19.8 Å². The third kappa shape index (κ3) is 4.49. The maximum absolute atomic E-state index is 12.7. The molecular weight excluding hydrogens is 209 g/mol. The molecule has 0 radical (unpaired) electrons. The Morgan fingerprint density at radius 1 is 1.25 bits per heavy atom. The molecule has 0 saturated carbocycles. The minimum Gasteiger partial charge on any atom is -0.489 e. The van der Waals surface area contributed by atoms with E-state index in [0.29, 0.717) is 24.7 Å². The number of nitrogens with two attached hydrogens (primary N) is 1. The number of hydrogen-bond acceptors (Lipinski definition) is 3. The average molecular weight is 227 g/mol. The topological polar surface area (TPSA) is 44.5 Å². The maximum atomic E-state index is 12.7. The normalized spacial score (nSPS) is 10.4. The molecule has 0 bridgehead atoms. The van der Waals surface area contributed by atoms with Gasteiger partial charge in [-0.1, -0.05) is 13.3 Å². The van der Waals surface area contributed by atoms with E-state index in [9.17, 15) is 4.39 Å². The van der Waals surface area contributed by atoms with Crippen molar-refractivity contribution in [1.29, 1.82) is 0 Å². The molecule has 0 saturated heterocycles. The molecule has 3 nitrogen and oxygen atoms in total. The molecule has 16 heavy (non-hydrogen) atoms. The summed E-state index contributed by atoms with van der Waals surface area (Å²) in [6.45, 7) is 3.81. The van der Waals surface area contributed by atoms with Gasteiger partial charge in [0, 0.05) is 12.7 Å². The van der Waals surface area contributed by atoms with Gasteiger partial charge in [-0.2, -0.15) is 0 Å². The second-order valence-corrected chi connectivity index (χ2v) is 3.50. The van der Waals surface area contributed by atoms with Crippen LogP contribution in [0.1, 0.15) is 19.8 Å². The van der Waals surface area contributed by atoms with Gasteiger partial charge in [-0.3, -0.25) is 0 Å². The molecule has 0 aliphatic heterocycles. The number of ether oxygens (including phenoxy) is 2. The van der Waals surface area contributed by atoms with Gasteiger partial charge in [0.2, 0.25) is 0 Å². The van der Waals surface area contributed by atoms with Gasteiger partial charge in [-0.15, -0.1) is 0 Å². The number of nitrogen functional groups attached to an aromatic ring is 1. The monoisotopic (exact) mass is 227 g/mol. The summed E-state index contributed by atoms with van der Waals surface area (Å²) in [7, 11) is 0. The van der Waals surface area contributed by atoms with E-state index in [1.165, 1.54) is 18.2 Å². The highest BCUT2D eigenvalue weighted by Crippen LogP contribution is 2.21. The molecule has 1 aromatic carbocycles. The minimum atomic E-state index is -0.357. The lowest BCUT2D eigenvalue weighted by molar-refractivity contribution is 0.0983. The van der Waals surface area contributed by atoms with Crippen LogP contribution in [0.25, 0.3) is 0 Å². The van der Waals surface area contributed by atoms with Crippen molar-refractivity contribution in [3.05, 3.63) is 24.0 Å². The van der Waals surface area contributed by atoms with Crippen LogP contribution in [-0.4, -0.2) is 19.8 Å². The lowest BCUT2D eigenvalue weighted by Crippen LogP contribution is -2.08. The molecule has 0 heterocycles. The zero-order valence-electron chi connectivity index (χ0n) is 9.54. The molecule has 2 N–H and O–H groups in total. The van der Waals surface area contributed by atoms with Crippen LogP contribution in [0.3, 0.4) is 0 Å². The van der Waals surface area contributed by atoms with E-state index >= 15 is 0 Å². The van der Waals surface area contributed by atoms with E-state index in [1.807, 2.05) is 0 Å². The molecule has 0 fully saturated rings. The molecule has 0 spiro atoms. The standard InChI is InChI=1S/C12H18FNO2/c1-2-3-6-15-7-8-16-12-5-4-10(13)9-11(12)14/h4-5,9H,2-3,6-8,14H2,1H3. The Hall–Kier alpha value is -1.29. The lowest BCUT2D eigenvalue weighted by Gasteiger charge is -2.09. The number of hydrogen-bond donors (Lipinski definition) is 1. The highest BCUT2D eigenvalue weighted by atomic mass is 19.1. The van der Waals surface area contributed by atoms with E-state index in [4.69, 9.17) is 15.2 Å². The van der Waals surface area contributed by atoms with Crippen molar-refractivity contribution >= 4 is 5.69 Å². The fraction of sp³-hybridized carbons (Fsp3) is 0.500. The summed E-state index contributed by atoms with van der Waals surface area (Å²) in [6, 6.07) is 4.09. The molecule has 1 rings (SSSR count). The van der Waals surface area contributed by atoms with Gasteiger partial charge in [0.25, 0.3) is 0 Å². The second-order valence-electron chi connectivity index (χ2n) is 3.50. The summed E-state index contributed by atoms with van der Waals surface area (Å²) < 4.78 is 23.4. The summed E-state index contributed by atoms with van der Waals surface area (Å²) in [5.41, 5.74) is 5.89. The first-order valence-electron chi connectivity index (χ1n) is 5.49. The quantitative estimate of drug-likeness (QED) is 0.575. The molecule has 0 unspecified atom stereocenters. The molecule has 4 heteroatoms. The number of unbranched alkanes of at least 4 members (excludes halogenated alkanes) is 1. The van der Waals surface area contributed by atoms with Gasteiger partial charge in [0.05, 0.1) is 12.3 Å². The first-order valence-corrected chi connectivity index (χ1v) is 5.49. The zero-order valence-corrected chi connectivity index (χ0v) is 9.54. The van der Waals surface area contributed by atoms with Crippen molar-refractivity contribution in [3.63, 3.8) is 0 Å². The molecule has 90 valence electrons. The number of rotatable bonds is 7. The molecule has 0 atom stereocenters. The van der Waals surface area contributed by atoms with E-state index in [0.717, 1.165) is 19.4 Å². The van der Waals surface area contributed by atoms with Gasteiger partial charge < -0.3 is 15.2 Å². The summed E-state index contributed by atoms with van der Waals surface area (Å²) in [5.74, 6) is 0.143. The van der Waals surface area contributed by atoms with Crippen molar-refractivity contribution in [3.8, 4) is 5.75 Å². The Bertz CT molecular complexity index is 318. The average Bonchev–Trinajstić information content (AvgIpc) is 2.26. The highest BCUT2D eigenvalue weighted by molar-refractivity contribution is 5.52. The molecule has 0 amide bonds. The molecule has 0 aromatic heterocycles. The highest BCUT2D eigenvalue weighted by Gasteiger charge is 2.01. The van der Waals surface area contributed by atoms with Gasteiger partial charge in [-0.25, -0.2) is 4.39 Å². The van der Waals surface area contributed by atoms with Crippen LogP contribution in [0.2, 0.25) is 0 Å². The van der Waals surface area contributed by atoms with Gasteiger partial charge in [-0.05, 0) is 18.6 Å². The third-order valence-electron chi connectivity index (χ3n) is 2.10. The third-order valence-corrected chi connectivity index (χ3v) is 2.10. The van der Waals surface area contributed by atoms with Crippen molar-refractivity contribution in [2.24, 2.45) is 0 Å². The number of halogens is 1. The zero-order chi connectivity index (χ0) is 11.8. The lowest BCUT2D eigenvalue weighted by atomic mass is 10.3. The van der Waals surface area contributed by atoms with Crippen LogP contribution in [0.4, 0.5) is 10.1 Å². The smallest absolute Gasteiger partial charge is 0.142 e. The van der Waals surface area contributed by atoms with E-state index in [2.05, 4.69) is 6.92 Å². The molecule has 0 aliphatic carbocycles. The second kappa shape index (κ2) is 7.06. The van der Waals surface area contributed by atoms with Crippen molar-refractivity contribution in [1.82, 2.24) is 0 Å². The number of benzene rings is 1. The van der Waals surface area contributed by atoms with E-state index < -0.39 is 0 Å². The Kier molecular flexibility index (Phi) is 5.64. The first-order chi connectivity index (χ1) is 7.74. The predicted octanol–water partition coefficient (Wildman–Crippen LogP) is 2.60. The van der Waals surface area contributed by atoms with Gasteiger partial charge in [0.15, 0.2) is 0 Å². The maximum Gasteiger partial charge on any atom is 0.142 e. The van der Waals surface area contributed by atoms with E-state index in [-0.39, 0.29) is 5.82 Å². The van der Waals surface area contributed by atoms with Crippen molar-refractivity contribution in [2.75, 3.05) is 25.6 Å². The molecule has 0 aliphatic rings. The predicted molar refractivity (Wildman–Crippen MR) is 62.0 cm³/mol. The Balaban J connectivity index is 2.21. The Morgan fingerprint density at radius 2 is 2.06 bits per heavy atom.